The van der Waals surface area contributed by atoms with Gasteiger partial charge >= 0.3 is 0 Å². The van der Waals surface area contributed by atoms with Gasteiger partial charge in [0.25, 0.3) is 0 Å². The van der Waals surface area contributed by atoms with Gasteiger partial charge in [0.1, 0.15) is 11.4 Å². The molecule has 3 aromatic rings. The van der Waals surface area contributed by atoms with Crippen LogP contribution in [0.25, 0.3) is 22.2 Å². The van der Waals surface area contributed by atoms with Crippen LogP contribution in [-0.2, 0) is 6.54 Å². The molecule has 0 amide bonds. The normalized spacial score (nSPS) is 11.5. The smallest absolute Gasteiger partial charge is 0.175 e. The van der Waals surface area contributed by atoms with Gasteiger partial charge in [0.2, 0.25) is 0 Å². The SMILES string of the molecule is CCCCN(CCCC)Cc1c(O)ccc2c(-c3ccccc3)noc12. The Morgan fingerprint density at radius 2 is 1.65 bits per heavy atom. The van der Waals surface area contributed by atoms with E-state index in [1.54, 1.807) is 6.07 Å². The minimum Gasteiger partial charge on any atom is -0.507 e. The maximum Gasteiger partial charge on any atom is 0.175 e. The van der Waals surface area contributed by atoms with Gasteiger partial charge in [-0.25, -0.2) is 0 Å². The number of aromatic nitrogens is 1. The highest BCUT2D eigenvalue weighted by Crippen LogP contribution is 2.34. The standard InChI is InChI=1S/C22H28N2O2/c1-3-5-14-24(15-6-4-2)16-19-20(25)13-12-18-21(23-26-22(18)19)17-10-8-7-9-11-17/h7-13,25H,3-6,14-16H2,1-2H3. The molecule has 0 bridgehead atoms. The zero-order valence-corrected chi connectivity index (χ0v) is 15.7. The second-order valence-corrected chi connectivity index (χ2v) is 6.82. The van der Waals surface area contributed by atoms with Gasteiger partial charge in [0, 0.05) is 12.1 Å². The van der Waals surface area contributed by atoms with E-state index in [-0.39, 0.29) is 5.75 Å². The van der Waals surface area contributed by atoms with Crippen molar-refractivity contribution in [1.29, 1.82) is 0 Å². The molecule has 0 aliphatic carbocycles. The van der Waals surface area contributed by atoms with Crippen LogP contribution >= 0.6 is 0 Å². The quantitative estimate of drug-likeness (QED) is 0.544. The van der Waals surface area contributed by atoms with Crippen molar-refractivity contribution in [3.05, 3.63) is 48.0 Å². The largest absolute Gasteiger partial charge is 0.507 e. The number of aromatic hydroxyl groups is 1. The van der Waals surface area contributed by atoms with E-state index in [1.807, 2.05) is 36.4 Å². The van der Waals surface area contributed by atoms with Crippen LogP contribution in [-0.4, -0.2) is 28.3 Å². The molecule has 0 spiro atoms. The first-order valence-electron chi connectivity index (χ1n) is 9.62. The van der Waals surface area contributed by atoms with Crippen molar-refractivity contribution in [1.82, 2.24) is 10.1 Å². The van der Waals surface area contributed by atoms with Crippen LogP contribution in [0.5, 0.6) is 5.75 Å². The molecule has 0 saturated heterocycles. The summed E-state index contributed by atoms with van der Waals surface area (Å²) in [6.07, 6.45) is 4.65. The average Bonchev–Trinajstić information content (AvgIpc) is 3.10. The number of fused-ring (bicyclic) bond motifs is 1. The number of benzene rings is 2. The van der Waals surface area contributed by atoms with E-state index in [0.717, 1.165) is 48.1 Å². The van der Waals surface area contributed by atoms with Crippen molar-refractivity contribution in [2.45, 2.75) is 46.1 Å². The summed E-state index contributed by atoms with van der Waals surface area (Å²) >= 11 is 0. The molecule has 0 fully saturated rings. The highest BCUT2D eigenvalue weighted by Gasteiger charge is 2.18. The molecule has 4 nitrogen and oxygen atoms in total. The van der Waals surface area contributed by atoms with Gasteiger partial charge in [-0.05, 0) is 38.1 Å². The molecule has 0 aliphatic heterocycles. The fourth-order valence-electron chi connectivity index (χ4n) is 3.26. The summed E-state index contributed by atoms with van der Waals surface area (Å²) in [6.45, 7) is 7.17. The first kappa shape index (κ1) is 18.5. The molecule has 26 heavy (non-hydrogen) atoms. The lowest BCUT2D eigenvalue weighted by Crippen LogP contribution is -2.25. The molecule has 2 aromatic carbocycles. The Bertz CT molecular complexity index is 819. The second-order valence-electron chi connectivity index (χ2n) is 6.82. The molecular formula is C22H28N2O2. The Morgan fingerprint density at radius 1 is 0.962 bits per heavy atom. The molecule has 1 aromatic heterocycles. The monoisotopic (exact) mass is 352 g/mol. The number of phenols is 1. The third-order valence-corrected chi connectivity index (χ3v) is 4.80. The summed E-state index contributed by atoms with van der Waals surface area (Å²) in [5.41, 5.74) is 3.39. The Labute approximate surface area is 155 Å². The fraction of sp³-hybridized carbons (Fsp3) is 0.409. The maximum absolute atomic E-state index is 10.5. The van der Waals surface area contributed by atoms with Crippen LogP contribution < -0.4 is 0 Å². The van der Waals surface area contributed by atoms with Gasteiger partial charge in [-0.2, -0.15) is 0 Å². The van der Waals surface area contributed by atoms with Gasteiger partial charge < -0.3 is 9.63 Å². The van der Waals surface area contributed by atoms with Crippen LogP contribution in [0.3, 0.4) is 0 Å². The Kier molecular flexibility index (Phi) is 6.29. The van der Waals surface area contributed by atoms with Crippen molar-refractivity contribution in [2.24, 2.45) is 0 Å². The van der Waals surface area contributed by atoms with Gasteiger partial charge in [0.15, 0.2) is 5.58 Å². The molecule has 4 heteroatoms. The Balaban J connectivity index is 1.94. The lowest BCUT2D eigenvalue weighted by atomic mass is 10.0. The average molecular weight is 352 g/mol. The van der Waals surface area contributed by atoms with Crippen molar-refractivity contribution >= 4 is 11.0 Å². The molecule has 3 rings (SSSR count). The second kappa shape index (κ2) is 8.86. The molecular weight excluding hydrogens is 324 g/mol. The summed E-state index contributed by atoms with van der Waals surface area (Å²) in [5, 5.41) is 15.7. The predicted molar refractivity (Wildman–Crippen MR) is 106 cm³/mol. The summed E-state index contributed by atoms with van der Waals surface area (Å²) in [5.74, 6) is 0.284. The van der Waals surface area contributed by atoms with Gasteiger partial charge in [-0.1, -0.05) is 62.2 Å². The maximum atomic E-state index is 10.5. The third-order valence-electron chi connectivity index (χ3n) is 4.80. The van der Waals surface area contributed by atoms with Crippen LogP contribution in [0, 0.1) is 0 Å². The van der Waals surface area contributed by atoms with Crippen LogP contribution in [0.4, 0.5) is 0 Å². The molecule has 1 heterocycles. The number of rotatable bonds is 9. The predicted octanol–water partition coefficient (Wildman–Crippen LogP) is 5.60. The molecule has 1 N–H and O–H groups in total. The van der Waals surface area contributed by atoms with Crippen molar-refractivity contribution in [3.8, 4) is 17.0 Å². The summed E-state index contributed by atoms with van der Waals surface area (Å²) in [6, 6.07) is 13.7. The van der Waals surface area contributed by atoms with Gasteiger partial charge in [-0.15, -0.1) is 0 Å². The number of unbranched alkanes of at least 4 members (excludes halogenated alkanes) is 2. The van der Waals surface area contributed by atoms with Crippen LogP contribution in [0.2, 0.25) is 0 Å². The van der Waals surface area contributed by atoms with E-state index in [1.165, 1.54) is 12.8 Å². The third kappa shape index (κ3) is 4.07. The number of hydrogen-bond donors (Lipinski definition) is 1. The molecule has 0 atom stereocenters. The van der Waals surface area contributed by atoms with Crippen molar-refractivity contribution in [2.75, 3.05) is 13.1 Å². The zero-order chi connectivity index (χ0) is 18.4. The minimum atomic E-state index is 0.284. The van der Waals surface area contributed by atoms with E-state index in [2.05, 4.69) is 23.9 Å². The minimum absolute atomic E-state index is 0.284. The fourth-order valence-corrected chi connectivity index (χ4v) is 3.26. The Hall–Kier alpha value is -2.33. The zero-order valence-electron chi connectivity index (χ0n) is 15.7. The molecule has 0 aliphatic rings. The lowest BCUT2D eigenvalue weighted by Gasteiger charge is -2.22. The van der Waals surface area contributed by atoms with Gasteiger partial charge in [0.05, 0.1) is 10.9 Å². The number of nitrogens with zero attached hydrogens (tertiary/aromatic N) is 2. The van der Waals surface area contributed by atoms with Crippen molar-refractivity contribution < 1.29 is 9.63 Å². The van der Waals surface area contributed by atoms with E-state index >= 15 is 0 Å². The summed E-state index contributed by atoms with van der Waals surface area (Å²) in [4.78, 5) is 2.41. The highest BCUT2D eigenvalue weighted by atomic mass is 16.5. The first-order valence-corrected chi connectivity index (χ1v) is 9.62. The van der Waals surface area contributed by atoms with E-state index in [4.69, 9.17) is 4.52 Å². The number of phenolic OH excluding ortho intramolecular Hbond substituents is 1. The Morgan fingerprint density at radius 3 is 2.31 bits per heavy atom. The summed E-state index contributed by atoms with van der Waals surface area (Å²) < 4.78 is 5.69. The van der Waals surface area contributed by atoms with E-state index in [9.17, 15) is 5.11 Å². The molecule has 0 radical (unpaired) electrons. The van der Waals surface area contributed by atoms with E-state index < -0.39 is 0 Å². The summed E-state index contributed by atoms with van der Waals surface area (Å²) in [7, 11) is 0. The topological polar surface area (TPSA) is 49.5 Å². The first-order chi connectivity index (χ1) is 12.7. The molecule has 0 saturated carbocycles. The molecule has 138 valence electrons. The van der Waals surface area contributed by atoms with Crippen LogP contribution in [0.15, 0.2) is 47.0 Å². The molecule has 0 unspecified atom stereocenters. The van der Waals surface area contributed by atoms with E-state index in [0.29, 0.717) is 12.1 Å². The van der Waals surface area contributed by atoms with Crippen molar-refractivity contribution in [3.63, 3.8) is 0 Å². The van der Waals surface area contributed by atoms with Crippen LogP contribution in [0.1, 0.15) is 45.1 Å². The highest BCUT2D eigenvalue weighted by molar-refractivity contribution is 5.94. The number of hydrogen-bond acceptors (Lipinski definition) is 4. The lowest BCUT2D eigenvalue weighted by molar-refractivity contribution is 0.253. The van der Waals surface area contributed by atoms with Gasteiger partial charge in [-0.3, -0.25) is 4.90 Å².